The predicted octanol–water partition coefficient (Wildman–Crippen LogP) is 6.26. The monoisotopic (exact) mass is 484 g/mol. The zero-order chi connectivity index (χ0) is 23.7. The zero-order valence-electron chi connectivity index (χ0n) is 18.4. The summed E-state index contributed by atoms with van der Waals surface area (Å²) in [5, 5.41) is 12.4. The summed E-state index contributed by atoms with van der Waals surface area (Å²) in [6.45, 7) is 4.06. The van der Waals surface area contributed by atoms with Crippen LogP contribution < -0.4 is 4.74 Å². The van der Waals surface area contributed by atoms with Gasteiger partial charge in [-0.2, -0.15) is 0 Å². The van der Waals surface area contributed by atoms with Gasteiger partial charge in [0.25, 0.3) is 0 Å². The molecule has 4 aromatic rings. The third-order valence-electron chi connectivity index (χ3n) is 5.38. The number of ether oxygens (including phenoxy) is 2. The van der Waals surface area contributed by atoms with Crippen LogP contribution in [0.1, 0.15) is 28.5 Å². The van der Waals surface area contributed by atoms with Crippen molar-refractivity contribution in [2.45, 2.75) is 20.4 Å². The highest BCUT2D eigenvalue weighted by Gasteiger charge is 2.26. The van der Waals surface area contributed by atoms with E-state index >= 15 is 0 Å². The van der Waals surface area contributed by atoms with Gasteiger partial charge < -0.3 is 19.1 Å². The number of rotatable bonds is 6. The Hall–Kier alpha value is -3.22. The zero-order valence-corrected chi connectivity index (χ0v) is 19.9. The first-order chi connectivity index (χ1) is 15.8. The molecule has 0 unspecified atom stereocenters. The van der Waals surface area contributed by atoms with Gasteiger partial charge in [0.05, 0.1) is 31.5 Å². The summed E-state index contributed by atoms with van der Waals surface area (Å²) in [5.74, 6) is 0.232. The molecule has 8 heteroatoms. The number of halogens is 2. The van der Waals surface area contributed by atoms with E-state index in [1.54, 1.807) is 49.9 Å². The van der Waals surface area contributed by atoms with Crippen molar-refractivity contribution in [2.75, 3.05) is 13.7 Å². The van der Waals surface area contributed by atoms with E-state index in [0.29, 0.717) is 49.9 Å². The standard InChI is InChI=1S/C25H22Cl2N2O4/c1-4-33-25(31)21-14(2)28-23-19(22(21)18-10-7-16(26)11-20(18)27)13-29(24(23)30)12-15-5-8-17(32-3)9-6-15/h5-11,13,30H,4,12H2,1-3H3. The van der Waals surface area contributed by atoms with Crippen LogP contribution in [0.25, 0.3) is 22.0 Å². The number of nitrogens with zero attached hydrogens (tertiary/aromatic N) is 2. The lowest BCUT2D eigenvalue weighted by Gasteiger charge is -2.14. The van der Waals surface area contributed by atoms with Crippen molar-refractivity contribution < 1.29 is 19.4 Å². The van der Waals surface area contributed by atoms with Crippen LogP contribution in [-0.4, -0.2) is 34.3 Å². The van der Waals surface area contributed by atoms with Crippen LogP contribution in [0, 0.1) is 6.92 Å². The summed E-state index contributed by atoms with van der Waals surface area (Å²) in [7, 11) is 1.61. The number of aromatic nitrogens is 2. The van der Waals surface area contributed by atoms with Crippen LogP contribution in [-0.2, 0) is 11.3 Å². The molecular formula is C25H22Cl2N2O4. The van der Waals surface area contributed by atoms with Gasteiger partial charge in [-0.1, -0.05) is 41.4 Å². The lowest BCUT2D eigenvalue weighted by atomic mass is 9.96. The van der Waals surface area contributed by atoms with Crippen molar-refractivity contribution in [1.29, 1.82) is 0 Å². The van der Waals surface area contributed by atoms with Gasteiger partial charge in [0.2, 0.25) is 5.88 Å². The Morgan fingerprint density at radius 1 is 1.15 bits per heavy atom. The first-order valence-electron chi connectivity index (χ1n) is 10.3. The summed E-state index contributed by atoms with van der Waals surface area (Å²) in [5.41, 5.74) is 3.20. The summed E-state index contributed by atoms with van der Waals surface area (Å²) in [6, 6.07) is 12.6. The second kappa shape index (κ2) is 9.33. The second-order valence-electron chi connectivity index (χ2n) is 7.48. The van der Waals surface area contributed by atoms with Gasteiger partial charge in [-0.25, -0.2) is 9.78 Å². The third kappa shape index (κ3) is 4.36. The number of hydrogen-bond donors (Lipinski definition) is 1. The highest BCUT2D eigenvalue weighted by molar-refractivity contribution is 6.37. The van der Waals surface area contributed by atoms with E-state index in [9.17, 15) is 9.90 Å². The van der Waals surface area contributed by atoms with E-state index < -0.39 is 5.97 Å². The number of aryl methyl sites for hydroxylation is 1. The molecule has 0 aliphatic carbocycles. The van der Waals surface area contributed by atoms with Gasteiger partial charge in [0.1, 0.15) is 11.3 Å². The molecule has 0 spiro atoms. The summed E-state index contributed by atoms with van der Waals surface area (Å²) >= 11 is 12.6. The Bertz CT molecular complexity index is 1350. The number of carbonyl (C=O) groups excluding carboxylic acids is 1. The molecule has 0 radical (unpaired) electrons. The van der Waals surface area contributed by atoms with Gasteiger partial charge >= 0.3 is 5.97 Å². The molecule has 33 heavy (non-hydrogen) atoms. The number of benzene rings is 2. The molecule has 170 valence electrons. The Morgan fingerprint density at radius 2 is 1.88 bits per heavy atom. The van der Waals surface area contributed by atoms with Crippen LogP contribution in [0.15, 0.2) is 48.7 Å². The number of pyridine rings is 1. The molecule has 0 bridgehead atoms. The lowest BCUT2D eigenvalue weighted by molar-refractivity contribution is 0.0526. The predicted molar refractivity (Wildman–Crippen MR) is 130 cm³/mol. The van der Waals surface area contributed by atoms with E-state index in [4.69, 9.17) is 32.7 Å². The van der Waals surface area contributed by atoms with Crippen LogP contribution in [0.4, 0.5) is 0 Å². The molecule has 0 saturated carbocycles. The van der Waals surface area contributed by atoms with Gasteiger partial charge in [-0.3, -0.25) is 0 Å². The fraction of sp³-hybridized carbons (Fsp3) is 0.200. The van der Waals surface area contributed by atoms with Gasteiger partial charge in [-0.15, -0.1) is 0 Å². The topological polar surface area (TPSA) is 73.6 Å². The summed E-state index contributed by atoms with van der Waals surface area (Å²) < 4.78 is 12.2. The molecule has 2 heterocycles. The molecule has 0 saturated heterocycles. The van der Waals surface area contributed by atoms with E-state index in [0.717, 1.165) is 11.3 Å². The van der Waals surface area contributed by atoms with Crippen molar-refractivity contribution in [1.82, 2.24) is 9.55 Å². The highest BCUT2D eigenvalue weighted by Crippen LogP contribution is 2.41. The minimum atomic E-state index is -0.507. The Kier molecular flexibility index (Phi) is 6.49. The Morgan fingerprint density at radius 3 is 2.52 bits per heavy atom. The minimum Gasteiger partial charge on any atom is -0.497 e. The molecule has 2 aromatic heterocycles. The summed E-state index contributed by atoms with van der Waals surface area (Å²) in [6.07, 6.45) is 1.77. The fourth-order valence-corrected chi connectivity index (χ4v) is 4.34. The molecule has 0 fully saturated rings. The largest absolute Gasteiger partial charge is 0.497 e. The van der Waals surface area contributed by atoms with Crippen molar-refractivity contribution in [3.63, 3.8) is 0 Å². The van der Waals surface area contributed by atoms with Crippen LogP contribution in [0.5, 0.6) is 11.6 Å². The number of carbonyl (C=O) groups is 1. The molecule has 2 aromatic carbocycles. The molecule has 4 rings (SSSR count). The average Bonchev–Trinajstić information content (AvgIpc) is 3.09. The van der Waals surface area contributed by atoms with Crippen LogP contribution in [0.3, 0.4) is 0 Å². The van der Waals surface area contributed by atoms with E-state index in [2.05, 4.69) is 4.98 Å². The number of aromatic hydroxyl groups is 1. The minimum absolute atomic E-state index is 0.00865. The molecular weight excluding hydrogens is 463 g/mol. The lowest BCUT2D eigenvalue weighted by Crippen LogP contribution is -2.10. The SMILES string of the molecule is CCOC(=O)c1c(C)nc2c(O)n(Cc3ccc(OC)cc3)cc2c1-c1ccc(Cl)cc1Cl. The maximum Gasteiger partial charge on any atom is 0.340 e. The molecule has 0 atom stereocenters. The van der Waals surface area contributed by atoms with Crippen molar-refractivity contribution >= 4 is 40.1 Å². The first-order valence-corrected chi connectivity index (χ1v) is 11.1. The molecule has 1 N–H and O–H groups in total. The van der Waals surface area contributed by atoms with Gasteiger partial charge in [-0.05, 0) is 43.7 Å². The Labute approximate surface area is 201 Å². The smallest absolute Gasteiger partial charge is 0.340 e. The van der Waals surface area contributed by atoms with E-state index in [-0.39, 0.29) is 12.5 Å². The molecule has 6 nitrogen and oxygen atoms in total. The summed E-state index contributed by atoms with van der Waals surface area (Å²) in [4.78, 5) is 17.5. The number of esters is 1. The van der Waals surface area contributed by atoms with Gasteiger partial charge in [0.15, 0.2) is 0 Å². The highest BCUT2D eigenvalue weighted by atomic mass is 35.5. The quantitative estimate of drug-likeness (QED) is 0.327. The fourth-order valence-electron chi connectivity index (χ4n) is 3.84. The molecule has 0 aliphatic rings. The third-order valence-corrected chi connectivity index (χ3v) is 5.92. The number of methoxy groups -OCH3 is 1. The second-order valence-corrected chi connectivity index (χ2v) is 8.33. The average molecular weight is 485 g/mol. The Balaban J connectivity index is 1.95. The van der Waals surface area contributed by atoms with Crippen molar-refractivity contribution in [3.8, 4) is 22.8 Å². The molecule has 0 aliphatic heterocycles. The molecule has 0 amide bonds. The van der Waals surface area contributed by atoms with E-state index in [1.165, 1.54) is 0 Å². The number of fused-ring (bicyclic) bond motifs is 1. The van der Waals surface area contributed by atoms with Crippen molar-refractivity contribution in [2.24, 2.45) is 0 Å². The van der Waals surface area contributed by atoms with Crippen molar-refractivity contribution in [3.05, 3.63) is 75.5 Å². The normalized spacial score (nSPS) is 11.1. The number of hydrogen-bond acceptors (Lipinski definition) is 5. The maximum absolute atomic E-state index is 12.9. The van der Waals surface area contributed by atoms with E-state index in [1.807, 2.05) is 24.3 Å². The maximum atomic E-state index is 12.9. The van der Waals surface area contributed by atoms with Crippen LogP contribution >= 0.6 is 23.2 Å². The van der Waals surface area contributed by atoms with Crippen LogP contribution in [0.2, 0.25) is 10.0 Å². The first kappa shape index (κ1) is 23.0. The van der Waals surface area contributed by atoms with Gasteiger partial charge in [0, 0.05) is 32.8 Å².